The zero-order valence-electron chi connectivity index (χ0n) is 12.8. The molecule has 0 unspecified atom stereocenters. The maximum atomic E-state index is 5.44. The van der Waals surface area contributed by atoms with Crippen molar-refractivity contribution >= 4 is 10.8 Å². The van der Waals surface area contributed by atoms with Crippen LogP contribution in [-0.2, 0) is 0 Å². The Hall–Kier alpha value is -2.42. The fourth-order valence-corrected chi connectivity index (χ4v) is 2.59. The standard InChI is InChI=1S/C18H18N2O/c1-11-5-7-15-14(9-11)10-13(3)19-17(15)16-8-6-12(2)20-18(16)21-4/h5-10H,1-4H3. The van der Waals surface area contributed by atoms with Crippen molar-refractivity contribution in [2.45, 2.75) is 20.8 Å². The van der Waals surface area contributed by atoms with Crippen molar-refractivity contribution in [3.8, 4) is 17.1 Å². The van der Waals surface area contributed by atoms with Gasteiger partial charge in [-0.05, 0) is 44.4 Å². The van der Waals surface area contributed by atoms with Crippen LogP contribution >= 0.6 is 0 Å². The van der Waals surface area contributed by atoms with Crippen molar-refractivity contribution in [1.29, 1.82) is 0 Å². The first-order valence-corrected chi connectivity index (χ1v) is 6.98. The molecule has 0 fully saturated rings. The molecular weight excluding hydrogens is 260 g/mol. The highest BCUT2D eigenvalue weighted by Crippen LogP contribution is 2.33. The second-order valence-electron chi connectivity index (χ2n) is 5.35. The highest BCUT2D eigenvalue weighted by atomic mass is 16.5. The Bertz CT molecular complexity index is 820. The lowest BCUT2D eigenvalue weighted by molar-refractivity contribution is 0.398. The van der Waals surface area contributed by atoms with Gasteiger partial charge in [0.05, 0.1) is 18.4 Å². The molecule has 2 heterocycles. The van der Waals surface area contributed by atoms with Gasteiger partial charge in [0, 0.05) is 16.8 Å². The third-order valence-electron chi connectivity index (χ3n) is 3.56. The summed E-state index contributed by atoms with van der Waals surface area (Å²) in [6, 6.07) is 12.5. The molecule has 0 aliphatic heterocycles. The number of fused-ring (bicyclic) bond motifs is 1. The van der Waals surface area contributed by atoms with Gasteiger partial charge in [0.15, 0.2) is 0 Å². The van der Waals surface area contributed by atoms with Gasteiger partial charge in [0.25, 0.3) is 0 Å². The van der Waals surface area contributed by atoms with Crippen molar-refractivity contribution in [1.82, 2.24) is 9.97 Å². The molecular formula is C18H18N2O. The zero-order chi connectivity index (χ0) is 15.0. The second kappa shape index (κ2) is 5.17. The van der Waals surface area contributed by atoms with Gasteiger partial charge in [0.1, 0.15) is 0 Å². The number of nitrogens with zero attached hydrogens (tertiary/aromatic N) is 2. The predicted octanol–water partition coefficient (Wildman–Crippen LogP) is 4.23. The van der Waals surface area contributed by atoms with Gasteiger partial charge < -0.3 is 4.74 Å². The van der Waals surface area contributed by atoms with E-state index in [1.807, 2.05) is 26.0 Å². The van der Waals surface area contributed by atoms with E-state index >= 15 is 0 Å². The first kappa shape index (κ1) is 13.6. The molecule has 1 aromatic carbocycles. The molecule has 21 heavy (non-hydrogen) atoms. The molecule has 0 radical (unpaired) electrons. The van der Waals surface area contributed by atoms with Crippen LogP contribution in [0, 0.1) is 20.8 Å². The van der Waals surface area contributed by atoms with Crippen LogP contribution in [0.4, 0.5) is 0 Å². The summed E-state index contributed by atoms with van der Waals surface area (Å²) in [6.07, 6.45) is 0. The second-order valence-corrected chi connectivity index (χ2v) is 5.35. The normalized spacial score (nSPS) is 10.9. The van der Waals surface area contributed by atoms with E-state index in [0.29, 0.717) is 5.88 Å². The molecule has 0 aliphatic rings. The van der Waals surface area contributed by atoms with Crippen molar-refractivity contribution < 1.29 is 4.74 Å². The van der Waals surface area contributed by atoms with Gasteiger partial charge in [0.2, 0.25) is 5.88 Å². The molecule has 106 valence electrons. The Kier molecular flexibility index (Phi) is 3.34. The summed E-state index contributed by atoms with van der Waals surface area (Å²) >= 11 is 0. The molecule has 0 aliphatic carbocycles. The van der Waals surface area contributed by atoms with Gasteiger partial charge in [-0.25, -0.2) is 4.98 Å². The lowest BCUT2D eigenvalue weighted by Crippen LogP contribution is -1.97. The van der Waals surface area contributed by atoms with E-state index in [4.69, 9.17) is 9.72 Å². The van der Waals surface area contributed by atoms with Crippen molar-refractivity contribution in [2.24, 2.45) is 0 Å². The number of ether oxygens (including phenoxy) is 1. The molecule has 3 nitrogen and oxygen atoms in total. The van der Waals surface area contributed by atoms with Crippen LogP contribution in [-0.4, -0.2) is 17.1 Å². The van der Waals surface area contributed by atoms with E-state index in [9.17, 15) is 0 Å². The van der Waals surface area contributed by atoms with E-state index in [0.717, 1.165) is 28.0 Å². The maximum Gasteiger partial charge on any atom is 0.222 e. The molecule has 0 saturated heterocycles. The summed E-state index contributed by atoms with van der Waals surface area (Å²) in [5.41, 5.74) is 5.03. The maximum absolute atomic E-state index is 5.44. The van der Waals surface area contributed by atoms with Gasteiger partial charge in [-0.1, -0.05) is 23.8 Å². The van der Waals surface area contributed by atoms with E-state index < -0.39 is 0 Å². The molecule has 0 bridgehead atoms. The van der Waals surface area contributed by atoms with Crippen molar-refractivity contribution in [2.75, 3.05) is 7.11 Å². The lowest BCUT2D eigenvalue weighted by Gasteiger charge is -2.12. The number of methoxy groups -OCH3 is 1. The summed E-state index contributed by atoms with van der Waals surface area (Å²) in [5, 5.41) is 2.32. The topological polar surface area (TPSA) is 35.0 Å². The molecule has 3 aromatic rings. The number of hydrogen-bond acceptors (Lipinski definition) is 3. The fraction of sp³-hybridized carbons (Fsp3) is 0.222. The highest BCUT2D eigenvalue weighted by Gasteiger charge is 2.13. The van der Waals surface area contributed by atoms with Crippen LogP contribution in [0.1, 0.15) is 17.0 Å². The average molecular weight is 278 g/mol. The van der Waals surface area contributed by atoms with Gasteiger partial charge in [-0.3, -0.25) is 4.98 Å². The van der Waals surface area contributed by atoms with Crippen LogP contribution in [0.15, 0.2) is 36.4 Å². The zero-order valence-corrected chi connectivity index (χ0v) is 12.8. The molecule has 2 aromatic heterocycles. The summed E-state index contributed by atoms with van der Waals surface area (Å²) in [4.78, 5) is 9.18. The van der Waals surface area contributed by atoms with E-state index in [1.54, 1.807) is 7.11 Å². The van der Waals surface area contributed by atoms with E-state index in [-0.39, 0.29) is 0 Å². The number of pyridine rings is 2. The Morgan fingerprint density at radius 2 is 1.67 bits per heavy atom. The quantitative estimate of drug-likeness (QED) is 0.703. The molecule has 3 heteroatoms. The summed E-state index contributed by atoms with van der Waals surface area (Å²) < 4.78 is 5.44. The van der Waals surface area contributed by atoms with Crippen LogP contribution in [0.2, 0.25) is 0 Å². The minimum atomic E-state index is 0.620. The Balaban J connectivity index is 2.34. The molecule has 0 spiro atoms. The first-order valence-electron chi connectivity index (χ1n) is 6.98. The van der Waals surface area contributed by atoms with Gasteiger partial charge in [-0.2, -0.15) is 0 Å². The molecule has 0 atom stereocenters. The summed E-state index contributed by atoms with van der Waals surface area (Å²) in [7, 11) is 1.65. The Morgan fingerprint density at radius 1 is 0.857 bits per heavy atom. The predicted molar refractivity (Wildman–Crippen MR) is 85.7 cm³/mol. The highest BCUT2D eigenvalue weighted by molar-refractivity contribution is 5.96. The Labute approximate surface area is 124 Å². The monoisotopic (exact) mass is 278 g/mol. The minimum Gasteiger partial charge on any atom is -0.480 e. The van der Waals surface area contributed by atoms with E-state index in [1.165, 1.54) is 10.9 Å². The number of aromatic nitrogens is 2. The SMILES string of the molecule is COc1nc(C)ccc1-c1nc(C)cc2cc(C)ccc12. The summed E-state index contributed by atoms with van der Waals surface area (Å²) in [5.74, 6) is 0.620. The van der Waals surface area contributed by atoms with E-state index in [2.05, 4.69) is 36.2 Å². The average Bonchev–Trinajstić information content (AvgIpc) is 2.45. The third kappa shape index (κ3) is 2.47. The molecule has 0 saturated carbocycles. The number of benzene rings is 1. The van der Waals surface area contributed by atoms with Gasteiger partial charge >= 0.3 is 0 Å². The molecule has 0 amide bonds. The first-order chi connectivity index (χ1) is 10.1. The largest absolute Gasteiger partial charge is 0.480 e. The number of aryl methyl sites for hydroxylation is 3. The third-order valence-corrected chi connectivity index (χ3v) is 3.56. The summed E-state index contributed by atoms with van der Waals surface area (Å²) in [6.45, 7) is 6.07. The van der Waals surface area contributed by atoms with Crippen LogP contribution in [0.3, 0.4) is 0 Å². The van der Waals surface area contributed by atoms with Gasteiger partial charge in [-0.15, -0.1) is 0 Å². The molecule has 0 N–H and O–H groups in total. The number of rotatable bonds is 2. The fourth-order valence-electron chi connectivity index (χ4n) is 2.59. The van der Waals surface area contributed by atoms with Crippen molar-refractivity contribution in [3.63, 3.8) is 0 Å². The minimum absolute atomic E-state index is 0.620. The number of hydrogen-bond donors (Lipinski definition) is 0. The van der Waals surface area contributed by atoms with Crippen LogP contribution in [0.5, 0.6) is 5.88 Å². The Morgan fingerprint density at radius 3 is 2.43 bits per heavy atom. The van der Waals surface area contributed by atoms with Crippen molar-refractivity contribution in [3.05, 3.63) is 53.3 Å². The van der Waals surface area contributed by atoms with Crippen LogP contribution < -0.4 is 4.74 Å². The van der Waals surface area contributed by atoms with Crippen LogP contribution in [0.25, 0.3) is 22.0 Å². The smallest absolute Gasteiger partial charge is 0.222 e. The molecule has 3 rings (SSSR count). The lowest BCUT2D eigenvalue weighted by atomic mass is 10.0.